The van der Waals surface area contributed by atoms with E-state index in [-0.39, 0.29) is 7.43 Å². The summed E-state index contributed by atoms with van der Waals surface area (Å²) >= 11 is 0. The van der Waals surface area contributed by atoms with Crippen LogP contribution < -0.4 is 0 Å². The highest BCUT2D eigenvalue weighted by Gasteiger charge is 2.11. The van der Waals surface area contributed by atoms with Crippen LogP contribution in [0.2, 0.25) is 0 Å². The minimum absolute atomic E-state index is 0. The summed E-state index contributed by atoms with van der Waals surface area (Å²) in [7, 11) is 0. The Kier molecular flexibility index (Phi) is 11.5. The van der Waals surface area contributed by atoms with Crippen LogP contribution in [0.25, 0.3) is 0 Å². The molecule has 2 aromatic heterocycles. The topological polar surface area (TPSA) is 52.1 Å². The first kappa shape index (κ1) is 21.7. The molecule has 2 aromatic rings. The van der Waals surface area contributed by atoms with Crippen molar-refractivity contribution in [3.05, 3.63) is 35.0 Å². The molecule has 0 saturated heterocycles. The number of aromatic nitrogens is 2. The third kappa shape index (κ3) is 7.11. The minimum atomic E-state index is 0. The number of hydrogen-bond donors (Lipinski definition) is 0. The predicted molar refractivity (Wildman–Crippen MR) is 88.7 cm³/mol. The first-order valence-electron chi connectivity index (χ1n) is 7.25. The van der Waals surface area contributed by atoms with Gasteiger partial charge in [0.15, 0.2) is 0 Å². The summed E-state index contributed by atoms with van der Waals surface area (Å²) in [4.78, 5) is 0. The zero-order chi connectivity index (χ0) is 15.7. The van der Waals surface area contributed by atoms with E-state index in [2.05, 4.69) is 42.5 Å². The lowest BCUT2D eigenvalue weighted by Gasteiger charge is -2.00. The van der Waals surface area contributed by atoms with Crippen molar-refractivity contribution in [3.8, 4) is 0 Å². The largest absolute Gasteiger partial charge is 0.364 e. The van der Waals surface area contributed by atoms with E-state index >= 15 is 0 Å². The summed E-state index contributed by atoms with van der Waals surface area (Å²) in [5.74, 6) is 2.00. The molecule has 2 heterocycles. The Morgan fingerprint density at radius 2 is 1.57 bits per heavy atom. The van der Waals surface area contributed by atoms with Crippen molar-refractivity contribution < 1.29 is 9.05 Å². The maximum atomic E-state index is 5.01. The van der Waals surface area contributed by atoms with Gasteiger partial charge in [0.1, 0.15) is 12.0 Å². The van der Waals surface area contributed by atoms with Crippen LogP contribution in [-0.4, -0.2) is 10.3 Å². The van der Waals surface area contributed by atoms with E-state index in [0.29, 0.717) is 11.8 Å². The van der Waals surface area contributed by atoms with E-state index in [4.69, 9.17) is 4.52 Å². The molecule has 0 bridgehead atoms. The van der Waals surface area contributed by atoms with Crippen LogP contribution in [-0.2, 0) is 0 Å². The Morgan fingerprint density at radius 1 is 1.00 bits per heavy atom. The third-order valence-electron chi connectivity index (χ3n) is 2.78. The lowest BCUT2D eigenvalue weighted by atomic mass is 10.0. The molecular weight excluding hydrogens is 264 g/mol. The molecule has 0 unspecified atom stereocenters. The molecule has 21 heavy (non-hydrogen) atoms. The van der Waals surface area contributed by atoms with Gasteiger partial charge in [-0.2, -0.15) is 0 Å². The Hall–Kier alpha value is -1.58. The second-order valence-corrected chi connectivity index (χ2v) is 5.01. The van der Waals surface area contributed by atoms with Crippen molar-refractivity contribution in [3.63, 3.8) is 0 Å². The van der Waals surface area contributed by atoms with Gasteiger partial charge in [0.25, 0.3) is 0 Å². The van der Waals surface area contributed by atoms with Gasteiger partial charge >= 0.3 is 0 Å². The monoisotopic (exact) mass is 296 g/mol. The number of nitrogens with zero attached hydrogens (tertiary/aromatic N) is 2. The van der Waals surface area contributed by atoms with E-state index in [0.717, 1.165) is 17.0 Å². The second kappa shape index (κ2) is 11.1. The van der Waals surface area contributed by atoms with E-state index in [1.165, 1.54) is 5.56 Å². The fraction of sp³-hybridized carbons (Fsp3) is 0.647. The Morgan fingerprint density at radius 3 is 1.76 bits per heavy atom. The van der Waals surface area contributed by atoms with Gasteiger partial charge in [-0.05, 0) is 25.7 Å². The van der Waals surface area contributed by atoms with Crippen molar-refractivity contribution in [1.29, 1.82) is 0 Å². The average Bonchev–Trinajstić information content (AvgIpc) is 3.02. The number of hydrogen-bond acceptors (Lipinski definition) is 4. The van der Waals surface area contributed by atoms with Crippen LogP contribution in [0.1, 0.15) is 83.4 Å². The van der Waals surface area contributed by atoms with Crippen molar-refractivity contribution in [2.24, 2.45) is 0 Å². The van der Waals surface area contributed by atoms with E-state index in [1.54, 1.807) is 12.5 Å². The lowest BCUT2D eigenvalue weighted by Crippen LogP contribution is -1.89. The molecule has 0 atom stereocenters. The standard InChI is InChI=1S/C8H13NO.C6H9NO.C2H6.CH4/c1-5(2)8-6(3)9-10-7(8)4;1-5(2)6-3-7-8-4-6;1-2;/h5H,1-4H3;3-5H,1-2H3;1-2H3;1H4. The summed E-state index contributed by atoms with van der Waals surface area (Å²) in [6.45, 7) is 16.4. The van der Waals surface area contributed by atoms with Crippen LogP contribution in [0.4, 0.5) is 0 Å². The third-order valence-corrected chi connectivity index (χ3v) is 2.78. The summed E-state index contributed by atoms with van der Waals surface area (Å²) in [5, 5.41) is 7.43. The Bertz CT molecular complexity index is 438. The van der Waals surface area contributed by atoms with Gasteiger partial charge < -0.3 is 9.05 Å². The first-order valence-corrected chi connectivity index (χ1v) is 7.25. The highest BCUT2D eigenvalue weighted by molar-refractivity contribution is 5.23. The predicted octanol–water partition coefficient (Wildman–Crippen LogP) is 5.88. The number of aryl methyl sites for hydroxylation is 2. The summed E-state index contributed by atoms with van der Waals surface area (Å²) in [6.07, 6.45) is 3.41. The second-order valence-electron chi connectivity index (χ2n) is 5.01. The molecule has 0 aliphatic heterocycles. The SMILES string of the molecule is C.CC.CC(C)c1cnoc1.Cc1noc(C)c1C(C)C. The van der Waals surface area contributed by atoms with Crippen molar-refractivity contribution in [2.75, 3.05) is 0 Å². The first-order chi connectivity index (χ1) is 9.43. The van der Waals surface area contributed by atoms with Gasteiger partial charge in [0.2, 0.25) is 0 Å². The van der Waals surface area contributed by atoms with Crippen LogP contribution in [0.3, 0.4) is 0 Å². The summed E-state index contributed by atoms with van der Waals surface area (Å²) < 4.78 is 9.63. The lowest BCUT2D eigenvalue weighted by molar-refractivity contribution is 0.392. The molecular formula is C17H32N2O2. The quantitative estimate of drug-likeness (QED) is 0.694. The average molecular weight is 296 g/mol. The molecule has 0 aliphatic carbocycles. The van der Waals surface area contributed by atoms with Crippen molar-refractivity contribution in [2.45, 2.75) is 74.7 Å². The molecule has 0 amide bonds. The zero-order valence-electron chi connectivity index (χ0n) is 14.0. The van der Waals surface area contributed by atoms with Crippen molar-refractivity contribution >= 4 is 0 Å². The van der Waals surface area contributed by atoms with E-state index < -0.39 is 0 Å². The van der Waals surface area contributed by atoms with Crippen LogP contribution in [0.5, 0.6) is 0 Å². The number of rotatable bonds is 2. The molecule has 0 fully saturated rings. The summed E-state index contributed by atoms with van der Waals surface area (Å²) in [5.41, 5.74) is 3.43. The highest BCUT2D eigenvalue weighted by atomic mass is 16.5. The molecule has 122 valence electrons. The van der Waals surface area contributed by atoms with E-state index in [1.807, 2.05) is 27.7 Å². The molecule has 0 spiro atoms. The van der Waals surface area contributed by atoms with Gasteiger partial charge in [0, 0.05) is 11.1 Å². The van der Waals surface area contributed by atoms with Crippen LogP contribution in [0.15, 0.2) is 21.5 Å². The van der Waals surface area contributed by atoms with Crippen LogP contribution >= 0.6 is 0 Å². The minimum Gasteiger partial charge on any atom is -0.364 e. The molecule has 2 rings (SSSR count). The zero-order valence-corrected chi connectivity index (χ0v) is 14.0. The van der Waals surface area contributed by atoms with Gasteiger partial charge in [-0.15, -0.1) is 0 Å². The molecule has 0 radical (unpaired) electrons. The van der Waals surface area contributed by atoms with Gasteiger partial charge in [-0.25, -0.2) is 0 Å². The normalized spacial score (nSPS) is 9.43. The molecule has 0 aromatic carbocycles. The molecule has 0 N–H and O–H groups in total. The van der Waals surface area contributed by atoms with Crippen LogP contribution in [0, 0.1) is 13.8 Å². The molecule has 0 aliphatic rings. The van der Waals surface area contributed by atoms with E-state index in [9.17, 15) is 0 Å². The fourth-order valence-corrected chi connectivity index (χ4v) is 1.81. The maximum absolute atomic E-state index is 5.01. The van der Waals surface area contributed by atoms with Crippen molar-refractivity contribution in [1.82, 2.24) is 10.3 Å². The molecule has 0 saturated carbocycles. The Balaban J connectivity index is 0. The smallest absolute Gasteiger partial charge is 0.137 e. The van der Waals surface area contributed by atoms with Gasteiger partial charge in [-0.1, -0.05) is 59.3 Å². The molecule has 4 nitrogen and oxygen atoms in total. The summed E-state index contributed by atoms with van der Waals surface area (Å²) in [6, 6.07) is 0. The fourth-order valence-electron chi connectivity index (χ4n) is 1.81. The molecule has 4 heteroatoms. The Labute approximate surface area is 129 Å². The maximum Gasteiger partial charge on any atom is 0.137 e. The van der Waals surface area contributed by atoms with Gasteiger partial charge in [-0.3, -0.25) is 0 Å². The van der Waals surface area contributed by atoms with Gasteiger partial charge in [0.05, 0.1) is 11.9 Å². The highest BCUT2D eigenvalue weighted by Crippen LogP contribution is 2.21.